The Morgan fingerprint density at radius 3 is 3.27 bits per heavy atom. The van der Waals surface area contributed by atoms with Crippen molar-refractivity contribution in [1.82, 2.24) is 5.32 Å². The molecule has 0 aromatic rings. The van der Waals surface area contributed by atoms with Crippen molar-refractivity contribution in [3.05, 3.63) is 12.7 Å². The second kappa shape index (κ2) is 4.18. The van der Waals surface area contributed by atoms with Crippen molar-refractivity contribution in [2.45, 2.75) is 6.42 Å². The third kappa shape index (κ3) is 2.76. The van der Waals surface area contributed by atoms with E-state index < -0.39 is 0 Å². The summed E-state index contributed by atoms with van der Waals surface area (Å²) in [6, 6.07) is 0. The first kappa shape index (κ1) is 8.33. The van der Waals surface area contributed by atoms with E-state index in [1.165, 1.54) is 0 Å². The highest BCUT2D eigenvalue weighted by Gasteiger charge is 2.12. The molecule has 1 aliphatic rings. The van der Waals surface area contributed by atoms with Gasteiger partial charge in [-0.3, -0.25) is 9.79 Å². The molecule has 1 heterocycles. The van der Waals surface area contributed by atoms with Gasteiger partial charge in [0.15, 0.2) is 5.17 Å². The minimum atomic E-state index is 0.0616. The number of thioether (sulfide) groups is 1. The first-order valence-electron chi connectivity index (χ1n) is 3.41. The fourth-order valence-electron chi connectivity index (χ4n) is 0.691. The standard InChI is InChI=1S/C7H10N2OS/c1-2-4-8-7-9-6(10)3-5-11-7/h2H,1,3-5H2,(H,8,9,10). The van der Waals surface area contributed by atoms with Crippen molar-refractivity contribution < 1.29 is 4.79 Å². The van der Waals surface area contributed by atoms with Crippen LogP contribution in [0.5, 0.6) is 0 Å². The molecule has 1 N–H and O–H groups in total. The molecular formula is C7H10N2OS. The first-order valence-corrected chi connectivity index (χ1v) is 4.39. The minimum absolute atomic E-state index is 0.0616. The number of carbonyl (C=O) groups is 1. The Balaban J connectivity index is 2.44. The lowest BCUT2D eigenvalue weighted by atomic mass is 10.4. The molecule has 1 fully saturated rings. The van der Waals surface area contributed by atoms with E-state index in [0.717, 1.165) is 10.9 Å². The van der Waals surface area contributed by atoms with Crippen molar-refractivity contribution in [2.24, 2.45) is 4.99 Å². The monoisotopic (exact) mass is 170 g/mol. The Kier molecular flexibility index (Phi) is 3.16. The molecule has 0 bridgehead atoms. The number of nitrogens with zero attached hydrogens (tertiary/aromatic N) is 1. The van der Waals surface area contributed by atoms with Gasteiger partial charge in [-0.1, -0.05) is 17.8 Å². The number of amides is 1. The Morgan fingerprint density at radius 2 is 2.64 bits per heavy atom. The van der Waals surface area contributed by atoms with Crippen molar-refractivity contribution in [3.8, 4) is 0 Å². The van der Waals surface area contributed by atoms with Crippen LogP contribution in [0.1, 0.15) is 6.42 Å². The van der Waals surface area contributed by atoms with Gasteiger partial charge in [0, 0.05) is 12.2 Å². The van der Waals surface area contributed by atoms with E-state index in [4.69, 9.17) is 0 Å². The van der Waals surface area contributed by atoms with Gasteiger partial charge in [0.1, 0.15) is 0 Å². The molecule has 0 unspecified atom stereocenters. The van der Waals surface area contributed by atoms with Gasteiger partial charge in [0.05, 0.1) is 6.54 Å². The Morgan fingerprint density at radius 1 is 1.82 bits per heavy atom. The fraction of sp³-hybridized carbons (Fsp3) is 0.429. The highest BCUT2D eigenvalue weighted by atomic mass is 32.2. The third-order valence-electron chi connectivity index (χ3n) is 1.18. The topological polar surface area (TPSA) is 41.5 Å². The van der Waals surface area contributed by atoms with Crippen LogP contribution in [0.2, 0.25) is 0 Å². The van der Waals surface area contributed by atoms with Crippen LogP contribution in [0, 0.1) is 0 Å². The summed E-state index contributed by atoms with van der Waals surface area (Å²) < 4.78 is 0. The molecule has 0 aromatic heterocycles. The molecule has 3 nitrogen and oxygen atoms in total. The lowest BCUT2D eigenvalue weighted by Gasteiger charge is -2.12. The number of hydrogen-bond acceptors (Lipinski definition) is 3. The molecule has 0 spiro atoms. The van der Waals surface area contributed by atoms with Gasteiger partial charge in [-0.2, -0.15) is 0 Å². The summed E-state index contributed by atoms with van der Waals surface area (Å²) in [5, 5.41) is 3.40. The molecule has 1 aliphatic heterocycles. The van der Waals surface area contributed by atoms with Crippen molar-refractivity contribution in [2.75, 3.05) is 12.3 Å². The maximum Gasteiger partial charge on any atom is 0.226 e. The zero-order valence-corrected chi connectivity index (χ0v) is 6.99. The Bertz CT molecular complexity index is 201. The van der Waals surface area contributed by atoms with Crippen LogP contribution in [0.3, 0.4) is 0 Å². The second-order valence-electron chi connectivity index (χ2n) is 2.08. The lowest BCUT2D eigenvalue weighted by Crippen LogP contribution is -2.33. The van der Waals surface area contributed by atoms with Gasteiger partial charge in [-0.05, 0) is 0 Å². The largest absolute Gasteiger partial charge is 0.305 e. The molecule has 0 saturated carbocycles. The zero-order chi connectivity index (χ0) is 8.10. The van der Waals surface area contributed by atoms with Crippen molar-refractivity contribution in [3.63, 3.8) is 0 Å². The molecule has 0 aliphatic carbocycles. The SMILES string of the molecule is C=CCN=C1NC(=O)CCS1. The first-order chi connectivity index (χ1) is 5.33. The fourth-order valence-corrected chi connectivity index (χ4v) is 1.52. The maximum atomic E-state index is 10.8. The zero-order valence-electron chi connectivity index (χ0n) is 6.17. The smallest absolute Gasteiger partial charge is 0.226 e. The average molecular weight is 170 g/mol. The van der Waals surface area contributed by atoms with Gasteiger partial charge in [0.2, 0.25) is 5.91 Å². The number of aliphatic imine (C=N–C) groups is 1. The van der Waals surface area contributed by atoms with E-state index in [9.17, 15) is 4.79 Å². The predicted molar refractivity (Wildman–Crippen MR) is 47.7 cm³/mol. The molecule has 0 radical (unpaired) electrons. The second-order valence-corrected chi connectivity index (χ2v) is 3.16. The van der Waals surface area contributed by atoms with Gasteiger partial charge in [0.25, 0.3) is 0 Å². The van der Waals surface area contributed by atoms with Crippen LogP contribution in [0.15, 0.2) is 17.6 Å². The van der Waals surface area contributed by atoms with Crippen LogP contribution < -0.4 is 5.32 Å². The summed E-state index contributed by atoms with van der Waals surface area (Å²) in [4.78, 5) is 14.9. The van der Waals surface area contributed by atoms with Gasteiger partial charge < -0.3 is 5.32 Å². The number of amidine groups is 1. The maximum absolute atomic E-state index is 10.8. The number of nitrogens with one attached hydrogen (secondary N) is 1. The van der Waals surface area contributed by atoms with E-state index in [-0.39, 0.29) is 5.91 Å². The van der Waals surface area contributed by atoms with Crippen molar-refractivity contribution >= 4 is 22.8 Å². The number of rotatable bonds is 2. The van der Waals surface area contributed by atoms with Crippen LogP contribution >= 0.6 is 11.8 Å². The van der Waals surface area contributed by atoms with Gasteiger partial charge in [-0.25, -0.2) is 0 Å². The lowest BCUT2D eigenvalue weighted by molar-refractivity contribution is -0.119. The van der Waals surface area contributed by atoms with Gasteiger partial charge >= 0.3 is 0 Å². The summed E-state index contributed by atoms with van der Waals surface area (Å²) in [6.45, 7) is 4.11. The number of carbonyl (C=O) groups excluding carboxylic acids is 1. The van der Waals surface area contributed by atoms with Crippen LogP contribution in [0.25, 0.3) is 0 Å². The number of hydrogen-bond donors (Lipinski definition) is 1. The summed E-state index contributed by atoms with van der Waals surface area (Å²) in [5.74, 6) is 0.897. The molecule has 60 valence electrons. The van der Waals surface area contributed by atoms with E-state index in [1.807, 2.05) is 0 Å². The van der Waals surface area contributed by atoms with E-state index >= 15 is 0 Å². The summed E-state index contributed by atoms with van der Waals surface area (Å²) in [7, 11) is 0. The molecule has 1 saturated heterocycles. The molecule has 1 amide bonds. The van der Waals surface area contributed by atoms with E-state index in [2.05, 4.69) is 16.9 Å². The summed E-state index contributed by atoms with van der Waals surface area (Å²) >= 11 is 1.58. The average Bonchev–Trinajstić information content (AvgIpc) is 2.01. The van der Waals surface area contributed by atoms with Crippen LogP contribution in [-0.4, -0.2) is 23.4 Å². The summed E-state index contributed by atoms with van der Waals surface area (Å²) in [5.41, 5.74) is 0. The quantitative estimate of drug-likeness (QED) is 0.622. The molecule has 11 heavy (non-hydrogen) atoms. The van der Waals surface area contributed by atoms with Crippen LogP contribution in [-0.2, 0) is 4.79 Å². The molecule has 0 atom stereocenters. The van der Waals surface area contributed by atoms with Gasteiger partial charge in [-0.15, -0.1) is 6.58 Å². The molecule has 0 aromatic carbocycles. The molecular weight excluding hydrogens is 160 g/mol. The molecule has 4 heteroatoms. The van der Waals surface area contributed by atoms with E-state index in [1.54, 1.807) is 17.8 Å². The third-order valence-corrected chi connectivity index (χ3v) is 2.09. The highest BCUT2D eigenvalue weighted by Crippen LogP contribution is 2.09. The Hall–Kier alpha value is -0.770. The van der Waals surface area contributed by atoms with E-state index in [0.29, 0.717) is 13.0 Å². The van der Waals surface area contributed by atoms with Crippen molar-refractivity contribution in [1.29, 1.82) is 0 Å². The normalized spacial score (nSPS) is 21.5. The highest BCUT2D eigenvalue weighted by molar-refractivity contribution is 8.14. The minimum Gasteiger partial charge on any atom is -0.305 e. The molecule has 1 rings (SSSR count). The predicted octanol–water partition coefficient (Wildman–Crippen LogP) is 0.782. The summed E-state index contributed by atoms with van der Waals surface area (Å²) in [6.07, 6.45) is 2.30. The van der Waals surface area contributed by atoms with Crippen LogP contribution in [0.4, 0.5) is 0 Å². The Labute approximate surface area is 70.0 Å².